The van der Waals surface area contributed by atoms with Crippen LogP contribution in [0.4, 0.5) is 0 Å². The minimum Gasteiger partial charge on any atom is -0.822 e. The zero-order chi connectivity index (χ0) is 4.50. The first-order valence-corrected chi connectivity index (χ1v) is 2.19. The van der Waals surface area contributed by atoms with E-state index in [2.05, 4.69) is 0 Å². The van der Waals surface area contributed by atoms with Crippen LogP contribution in [0.25, 0.3) is 0 Å². The molecule has 0 aliphatic heterocycles. The van der Waals surface area contributed by atoms with Gasteiger partial charge in [0.25, 0.3) is 0 Å². The fraction of sp³-hybridized carbons (Fsp3) is 0. The van der Waals surface area contributed by atoms with Gasteiger partial charge in [0.15, 0.2) is 0 Å². The Kier molecular flexibility index (Phi) is 23.5. The molecule has 0 aromatic carbocycles. The van der Waals surface area contributed by atoms with Crippen LogP contribution in [0.5, 0.6) is 0 Å². The molecule has 0 saturated heterocycles. The zero-order valence-electron chi connectivity index (χ0n) is 3.86. The van der Waals surface area contributed by atoms with Crippen LogP contribution >= 0.6 is 7.82 Å². The molecule has 0 fully saturated rings. The van der Waals surface area contributed by atoms with Crippen molar-refractivity contribution in [3.05, 3.63) is 0 Å². The van der Waals surface area contributed by atoms with Crippen LogP contribution < -0.4 is 14.7 Å². The van der Waals surface area contributed by atoms with Crippen molar-refractivity contribution in [3.63, 3.8) is 0 Å². The van der Waals surface area contributed by atoms with Gasteiger partial charge < -0.3 is 24.7 Å². The van der Waals surface area contributed by atoms with E-state index in [1.165, 1.54) is 0 Å². The van der Waals surface area contributed by atoms with Crippen molar-refractivity contribution in [2.24, 2.45) is 0 Å². The van der Waals surface area contributed by atoms with E-state index in [4.69, 9.17) is 19.2 Å². The Morgan fingerprint density at radius 1 is 1.12 bits per heavy atom. The molecule has 2 N–H and O–H groups in total. The molecule has 0 aliphatic rings. The first-order valence-electron chi connectivity index (χ1n) is 0.730. The molecule has 0 radical (unpaired) electrons. The van der Waals surface area contributed by atoms with Gasteiger partial charge in [0.05, 0.1) is 0 Å². The molecule has 0 atom stereocenters. The zero-order valence-corrected chi connectivity index (χ0v) is 8.88. The Morgan fingerprint density at radius 2 is 1.12 bits per heavy atom. The summed E-state index contributed by atoms with van der Waals surface area (Å²) >= 11 is 0. The van der Waals surface area contributed by atoms with Crippen LogP contribution in [0.15, 0.2) is 0 Å². The van der Waals surface area contributed by atoms with Crippen molar-refractivity contribution < 1.29 is 44.2 Å². The second kappa shape index (κ2) is 8.23. The molecule has 0 unspecified atom stereocenters. The monoisotopic (exact) mass is 204 g/mol. The van der Waals surface area contributed by atoms with Gasteiger partial charge in [0.1, 0.15) is 0 Å². The molecule has 0 saturated carbocycles. The fourth-order valence-electron chi connectivity index (χ4n) is 0. The third-order valence-corrected chi connectivity index (χ3v) is 0. The predicted molar refractivity (Wildman–Crippen MR) is 17.0 cm³/mol. The molecule has 0 aromatic heterocycles. The summed E-state index contributed by atoms with van der Waals surface area (Å²) in [6, 6.07) is 0. The summed E-state index contributed by atoms with van der Waals surface area (Å²) in [4.78, 5) is 25.6. The van der Waals surface area contributed by atoms with E-state index in [9.17, 15) is 0 Å². The van der Waals surface area contributed by atoms with Crippen LogP contribution in [0.2, 0.25) is 0 Å². The molecule has 8 heavy (non-hydrogen) atoms. The van der Waals surface area contributed by atoms with Gasteiger partial charge in [-0.2, -0.15) is 7.82 Å². The second-order valence-corrected chi connectivity index (χ2v) is 1.34. The Hall–Kier alpha value is 1.23. The van der Waals surface area contributed by atoms with Crippen LogP contribution in [0.1, 0.15) is 0 Å². The van der Waals surface area contributed by atoms with Gasteiger partial charge in [0, 0.05) is 0 Å². The van der Waals surface area contributed by atoms with Crippen LogP contribution in [0.3, 0.4) is 0 Å². The molecular formula is H2AlO5PZn+2. The number of hydrogen-bond donors (Lipinski definition) is 0. The summed E-state index contributed by atoms with van der Waals surface area (Å²) in [5.74, 6) is 0. The van der Waals surface area contributed by atoms with Crippen LogP contribution in [-0.4, -0.2) is 22.8 Å². The second-order valence-electron chi connectivity index (χ2n) is 0.447. The molecule has 0 spiro atoms. The molecule has 0 aromatic rings. The number of phosphoric acid groups is 1. The predicted octanol–water partition coefficient (Wildman–Crippen LogP) is -4.03. The van der Waals surface area contributed by atoms with E-state index in [1.807, 2.05) is 0 Å². The van der Waals surface area contributed by atoms with E-state index in [0.717, 1.165) is 0 Å². The summed E-state index contributed by atoms with van der Waals surface area (Å²) in [7, 11) is -5.39. The van der Waals surface area contributed by atoms with Crippen molar-refractivity contribution in [1.82, 2.24) is 0 Å². The molecule has 0 heterocycles. The van der Waals surface area contributed by atoms with Crippen molar-refractivity contribution in [2.45, 2.75) is 0 Å². The number of hydrogen-bond acceptors (Lipinski definition) is 4. The van der Waals surface area contributed by atoms with Gasteiger partial charge >= 0.3 is 36.8 Å². The molecular weight excluding hydrogens is 203 g/mol. The Balaban J connectivity index is -0.0000000267. The van der Waals surface area contributed by atoms with Crippen molar-refractivity contribution in [3.8, 4) is 0 Å². The van der Waals surface area contributed by atoms with Crippen molar-refractivity contribution in [1.29, 1.82) is 0 Å². The largest absolute Gasteiger partial charge is 3.00 e. The molecule has 5 nitrogen and oxygen atoms in total. The van der Waals surface area contributed by atoms with Gasteiger partial charge in [-0.15, -0.1) is 0 Å². The Labute approximate surface area is 69.5 Å². The van der Waals surface area contributed by atoms with E-state index in [-0.39, 0.29) is 42.3 Å². The van der Waals surface area contributed by atoms with Gasteiger partial charge in [-0.05, 0) is 0 Å². The smallest absolute Gasteiger partial charge is 0.822 e. The maximum absolute atomic E-state index is 8.55. The molecule has 40 valence electrons. The van der Waals surface area contributed by atoms with Crippen LogP contribution in [0, 0.1) is 0 Å². The first-order chi connectivity index (χ1) is 2.00. The minimum atomic E-state index is -5.39. The number of rotatable bonds is 0. The van der Waals surface area contributed by atoms with Crippen molar-refractivity contribution in [2.75, 3.05) is 0 Å². The van der Waals surface area contributed by atoms with Gasteiger partial charge in [-0.1, -0.05) is 0 Å². The topological polar surface area (TPSA) is 118 Å². The van der Waals surface area contributed by atoms with E-state index in [0.29, 0.717) is 0 Å². The minimum absolute atomic E-state index is 0. The van der Waals surface area contributed by atoms with Gasteiger partial charge in [-0.3, -0.25) is 0 Å². The normalized spacial score (nSPS) is 7.38. The summed E-state index contributed by atoms with van der Waals surface area (Å²) in [6.07, 6.45) is 0. The van der Waals surface area contributed by atoms with E-state index < -0.39 is 7.82 Å². The summed E-state index contributed by atoms with van der Waals surface area (Å²) in [5, 5.41) is 0. The molecule has 0 aliphatic carbocycles. The SMILES string of the molecule is O.O=P([O-])([O-])[O-].[Al+3].[Zn+2]. The average molecular weight is 205 g/mol. The summed E-state index contributed by atoms with van der Waals surface area (Å²) in [5.41, 5.74) is 0. The van der Waals surface area contributed by atoms with Crippen LogP contribution in [-0.2, 0) is 24.0 Å². The van der Waals surface area contributed by atoms with E-state index >= 15 is 0 Å². The average Bonchev–Trinajstić information content (AvgIpc) is 0.722. The summed E-state index contributed by atoms with van der Waals surface area (Å²) < 4.78 is 8.55. The van der Waals surface area contributed by atoms with Gasteiger partial charge in [-0.25, -0.2) is 0 Å². The maximum atomic E-state index is 8.55. The quantitative estimate of drug-likeness (QED) is 0.295. The maximum Gasteiger partial charge on any atom is 3.00 e. The molecule has 0 rings (SSSR count). The molecule has 0 amide bonds. The molecule has 8 heteroatoms. The standard InChI is InChI=1S/Al.H3O4P.H2O.Zn/c;1-5(2,3)4;;/h;(H3,1,2,3,4);1H2;/q+3;;;+2/p-3. The Bertz CT molecular complexity index is 58.6. The third kappa shape index (κ3) is 186. The van der Waals surface area contributed by atoms with Crippen molar-refractivity contribution >= 4 is 25.2 Å². The fourth-order valence-corrected chi connectivity index (χ4v) is 0. The summed E-state index contributed by atoms with van der Waals surface area (Å²) in [6.45, 7) is 0. The molecule has 0 bridgehead atoms. The third-order valence-electron chi connectivity index (χ3n) is 0. The van der Waals surface area contributed by atoms with Gasteiger partial charge in [0.2, 0.25) is 0 Å². The van der Waals surface area contributed by atoms with E-state index in [1.54, 1.807) is 0 Å². The first kappa shape index (κ1) is 22.9. The Morgan fingerprint density at radius 3 is 1.12 bits per heavy atom.